The maximum atomic E-state index is 13.7. The number of amides is 1. The lowest BCUT2D eigenvalue weighted by atomic mass is 10.0. The van der Waals surface area contributed by atoms with Crippen LogP contribution in [0.25, 0.3) is 0 Å². The van der Waals surface area contributed by atoms with Crippen LogP contribution in [0, 0.1) is 5.82 Å². The van der Waals surface area contributed by atoms with Crippen molar-refractivity contribution in [2.45, 2.75) is 25.0 Å². The van der Waals surface area contributed by atoms with E-state index in [2.05, 4.69) is 0 Å². The van der Waals surface area contributed by atoms with Gasteiger partial charge >= 0.3 is 0 Å². The van der Waals surface area contributed by atoms with Gasteiger partial charge in [0.15, 0.2) is 17.4 Å². The average molecular weight is 309 g/mol. The molecule has 0 bridgehead atoms. The Kier molecular flexibility index (Phi) is 4.31. The number of rotatable bonds is 2. The molecule has 6 heteroatoms. The third-order valence-corrected chi connectivity index (χ3v) is 4.23. The van der Waals surface area contributed by atoms with Gasteiger partial charge in [0, 0.05) is 31.5 Å². The number of likely N-dealkylation sites (tertiary alicyclic amines) is 1. The summed E-state index contributed by atoms with van der Waals surface area (Å²) in [6.07, 6.45) is 2.21. The van der Waals surface area contributed by atoms with Crippen LogP contribution >= 0.6 is 0 Å². The van der Waals surface area contributed by atoms with Crippen LogP contribution in [0.5, 0.6) is 5.75 Å². The molecule has 1 amide bonds. The molecule has 0 aromatic heterocycles. The first-order valence-corrected chi connectivity index (χ1v) is 7.54. The van der Waals surface area contributed by atoms with Crippen LogP contribution < -0.4 is 4.74 Å². The molecule has 1 aromatic carbocycles. The second-order valence-electron chi connectivity index (χ2n) is 5.60. The smallest absolute Gasteiger partial charge is 0.253 e. The Hall–Kier alpha value is -1.66. The van der Waals surface area contributed by atoms with Crippen molar-refractivity contribution in [1.82, 2.24) is 4.90 Å². The molecule has 1 spiro atoms. The number of hydrogen-bond acceptors (Lipinski definition) is 4. The fraction of sp³-hybridized carbons (Fsp3) is 0.562. The highest BCUT2D eigenvalue weighted by atomic mass is 19.1. The molecule has 0 radical (unpaired) electrons. The monoisotopic (exact) mass is 309 g/mol. The molecule has 22 heavy (non-hydrogen) atoms. The predicted molar refractivity (Wildman–Crippen MR) is 77.3 cm³/mol. The van der Waals surface area contributed by atoms with Crippen LogP contribution in [-0.4, -0.2) is 50.0 Å². The van der Waals surface area contributed by atoms with Crippen LogP contribution in [-0.2, 0) is 9.47 Å². The number of carbonyl (C=O) groups is 1. The average Bonchev–Trinajstić information content (AvgIpc) is 2.55. The summed E-state index contributed by atoms with van der Waals surface area (Å²) in [5, 5.41) is 0. The zero-order chi connectivity index (χ0) is 15.6. The lowest BCUT2D eigenvalue weighted by Crippen LogP contribution is -2.51. The molecule has 2 aliphatic rings. The summed E-state index contributed by atoms with van der Waals surface area (Å²) in [6, 6.07) is 4.28. The van der Waals surface area contributed by atoms with E-state index >= 15 is 0 Å². The van der Waals surface area contributed by atoms with Gasteiger partial charge in [0.05, 0.1) is 20.3 Å². The highest BCUT2D eigenvalue weighted by Crippen LogP contribution is 2.31. The predicted octanol–water partition coefficient (Wildman–Crippen LogP) is 2.20. The standard InChI is InChI=1S/C16H20FNO4/c1-20-14-4-3-12(11-13(14)17)15(19)18-7-5-16(6-8-18)21-9-2-10-22-16/h3-4,11H,2,5-10H2,1H3. The van der Waals surface area contributed by atoms with Crippen molar-refractivity contribution in [2.75, 3.05) is 33.4 Å². The third-order valence-electron chi connectivity index (χ3n) is 4.23. The molecule has 2 fully saturated rings. The summed E-state index contributed by atoms with van der Waals surface area (Å²) in [5.41, 5.74) is 0.333. The van der Waals surface area contributed by atoms with E-state index in [-0.39, 0.29) is 11.7 Å². The largest absolute Gasteiger partial charge is 0.494 e. The van der Waals surface area contributed by atoms with E-state index in [1.54, 1.807) is 11.0 Å². The molecule has 0 saturated carbocycles. The number of ether oxygens (including phenoxy) is 3. The Morgan fingerprint density at radius 2 is 1.95 bits per heavy atom. The quantitative estimate of drug-likeness (QED) is 0.840. The van der Waals surface area contributed by atoms with Crippen LogP contribution in [0.4, 0.5) is 4.39 Å². The first-order chi connectivity index (χ1) is 10.6. The van der Waals surface area contributed by atoms with E-state index in [9.17, 15) is 9.18 Å². The van der Waals surface area contributed by atoms with Crippen molar-refractivity contribution >= 4 is 5.91 Å². The molecule has 1 aromatic rings. The van der Waals surface area contributed by atoms with Crippen LogP contribution in [0.3, 0.4) is 0 Å². The van der Waals surface area contributed by atoms with E-state index in [0.717, 1.165) is 6.42 Å². The molecule has 2 saturated heterocycles. The zero-order valence-electron chi connectivity index (χ0n) is 12.6. The highest BCUT2D eigenvalue weighted by Gasteiger charge is 2.39. The van der Waals surface area contributed by atoms with E-state index in [0.29, 0.717) is 44.7 Å². The van der Waals surface area contributed by atoms with Crippen molar-refractivity contribution in [3.8, 4) is 5.75 Å². The molecule has 5 nitrogen and oxygen atoms in total. The van der Waals surface area contributed by atoms with Crippen LogP contribution in [0.2, 0.25) is 0 Å². The number of benzene rings is 1. The van der Waals surface area contributed by atoms with Crippen LogP contribution in [0.15, 0.2) is 18.2 Å². The van der Waals surface area contributed by atoms with Gasteiger partial charge in [-0.2, -0.15) is 0 Å². The summed E-state index contributed by atoms with van der Waals surface area (Å²) < 4.78 is 30.1. The van der Waals surface area contributed by atoms with E-state index in [1.807, 2.05) is 0 Å². The van der Waals surface area contributed by atoms with Gasteiger partial charge in [-0.1, -0.05) is 0 Å². The lowest BCUT2D eigenvalue weighted by Gasteiger charge is -2.43. The topological polar surface area (TPSA) is 48.0 Å². The fourth-order valence-electron chi connectivity index (χ4n) is 2.94. The number of hydrogen-bond donors (Lipinski definition) is 0. The van der Waals surface area contributed by atoms with Gasteiger partial charge in [0.2, 0.25) is 0 Å². The molecule has 0 N–H and O–H groups in total. The number of halogens is 1. The molecule has 120 valence electrons. The molecule has 0 unspecified atom stereocenters. The maximum absolute atomic E-state index is 13.7. The molecule has 0 atom stereocenters. The van der Waals surface area contributed by atoms with E-state index in [1.165, 1.54) is 19.2 Å². The third kappa shape index (κ3) is 2.94. The van der Waals surface area contributed by atoms with Crippen molar-refractivity contribution < 1.29 is 23.4 Å². The summed E-state index contributed by atoms with van der Waals surface area (Å²) in [7, 11) is 1.40. The number of methoxy groups -OCH3 is 1. The molecule has 2 heterocycles. The van der Waals surface area contributed by atoms with E-state index in [4.69, 9.17) is 14.2 Å². The number of carbonyl (C=O) groups excluding carboxylic acids is 1. The summed E-state index contributed by atoms with van der Waals surface area (Å²) >= 11 is 0. The minimum atomic E-state index is -0.528. The molecule has 0 aliphatic carbocycles. The minimum Gasteiger partial charge on any atom is -0.494 e. The maximum Gasteiger partial charge on any atom is 0.253 e. The second kappa shape index (κ2) is 6.22. The Balaban J connectivity index is 1.65. The van der Waals surface area contributed by atoms with Gasteiger partial charge in [0.25, 0.3) is 5.91 Å². The second-order valence-corrected chi connectivity index (χ2v) is 5.60. The Morgan fingerprint density at radius 1 is 1.27 bits per heavy atom. The van der Waals surface area contributed by atoms with E-state index < -0.39 is 11.6 Å². The van der Waals surface area contributed by atoms with Crippen molar-refractivity contribution in [2.24, 2.45) is 0 Å². The molecule has 2 aliphatic heterocycles. The SMILES string of the molecule is COc1ccc(C(=O)N2CCC3(CC2)OCCCO3)cc1F. The summed E-state index contributed by atoms with van der Waals surface area (Å²) in [5.74, 6) is -1.09. The van der Waals surface area contributed by atoms with Gasteiger partial charge in [-0.15, -0.1) is 0 Å². The van der Waals surface area contributed by atoms with Gasteiger partial charge in [-0.3, -0.25) is 4.79 Å². The molecular formula is C16H20FNO4. The van der Waals surface area contributed by atoms with Crippen molar-refractivity contribution in [3.63, 3.8) is 0 Å². The highest BCUT2D eigenvalue weighted by molar-refractivity contribution is 5.94. The lowest BCUT2D eigenvalue weighted by molar-refractivity contribution is -0.281. The Bertz CT molecular complexity index is 547. The van der Waals surface area contributed by atoms with Gasteiger partial charge in [0.1, 0.15) is 0 Å². The first kappa shape index (κ1) is 15.2. The fourth-order valence-corrected chi connectivity index (χ4v) is 2.94. The van der Waals surface area contributed by atoms with Crippen molar-refractivity contribution in [1.29, 1.82) is 0 Å². The molecular weight excluding hydrogens is 289 g/mol. The first-order valence-electron chi connectivity index (χ1n) is 7.54. The number of piperidine rings is 1. The zero-order valence-corrected chi connectivity index (χ0v) is 12.6. The minimum absolute atomic E-state index is 0.137. The van der Waals surface area contributed by atoms with Gasteiger partial charge in [-0.05, 0) is 24.6 Å². The van der Waals surface area contributed by atoms with Gasteiger partial charge in [-0.25, -0.2) is 4.39 Å². The van der Waals surface area contributed by atoms with Crippen molar-refractivity contribution in [3.05, 3.63) is 29.6 Å². The van der Waals surface area contributed by atoms with Gasteiger partial charge < -0.3 is 19.1 Å². The Labute approximate surface area is 128 Å². The molecule has 3 rings (SSSR count). The normalized spacial score (nSPS) is 20.9. The Morgan fingerprint density at radius 3 is 2.55 bits per heavy atom. The summed E-state index contributed by atoms with van der Waals surface area (Å²) in [4.78, 5) is 14.2. The number of nitrogens with zero attached hydrogens (tertiary/aromatic N) is 1. The van der Waals surface area contributed by atoms with Crippen LogP contribution in [0.1, 0.15) is 29.6 Å². The summed E-state index contributed by atoms with van der Waals surface area (Å²) in [6.45, 7) is 2.51.